The van der Waals surface area contributed by atoms with Crippen molar-refractivity contribution in [2.24, 2.45) is 0 Å². The number of aryl methyl sites for hydroxylation is 1. The summed E-state index contributed by atoms with van der Waals surface area (Å²) >= 11 is 0. The number of hydrogen-bond acceptors (Lipinski definition) is 5. The molecule has 4 N–H and O–H groups in total. The third-order valence-electron chi connectivity index (χ3n) is 3.63. The quantitative estimate of drug-likeness (QED) is 0.616. The third-order valence-corrected chi connectivity index (χ3v) is 3.63. The molecule has 22 heavy (non-hydrogen) atoms. The van der Waals surface area contributed by atoms with E-state index in [1.165, 1.54) is 24.3 Å². The van der Waals surface area contributed by atoms with Crippen LogP contribution in [0, 0.1) is 0 Å². The molecule has 0 aromatic heterocycles. The second-order valence-electron chi connectivity index (χ2n) is 5.25. The predicted molar refractivity (Wildman–Crippen MR) is 82.4 cm³/mol. The lowest BCUT2D eigenvalue weighted by molar-refractivity contribution is 0.0957. The molecule has 0 aliphatic rings. The molecule has 0 saturated carbocycles. The van der Waals surface area contributed by atoms with E-state index >= 15 is 0 Å². The first-order chi connectivity index (χ1) is 10.5. The average molecular weight is 304 g/mol. The van der Waals surface area contributed by atoms with Crippen LogP contribution in [0.1, 0.15) is 17.5 Å². The van der Waals surface area contributed by atoms with Gasteiger partial charge in [-0.3, -0.25) is 0 Å². The highest BCUT2D eigenvalue weighted by Crippen LogP contribution is 2.27. The monoisotopic (exact) mass is 304 g/mol. The van der Waals surface area contributed by atoms with Crippen molar-refractivity contribution in [3.8, 4) is 23.0 Å². The van der Waals surface area contributed by atoms with Crippen LogP contribution in [-0.4, -0.2) is 33.6 Å². The zero-order chi connectivity index (χ0) is 16.1. The van der Waals surface area contributed by atoms with Gasteiger partial charge in [0.15, 0.2) is 23.0 Å². The summed E-state index contributed by atoms with van der Waals surface area (Å²) in [6.07, 6.45) is 1.97. The van der Waals surface area contributed by atoms with E-state index in [0.717, 1.165) is 17.5 Å². The van der Waals surface area contributed by atoms with Gasteiger partial charge in [-0.05, 0) is 54.7 Å². The SMILES string of the molecule is COC(CCc1ccc(O)c(O)c1)Cc1ccc(O)c(O)c1. The largest absolute Gasteiger partial charge is 0.504 e. The lowest BCUT2D eigenvalue weighted by Gasteiger charge is -2.16. The normalized spacial score (nSPS) is 12.2. The lowest BCUT2D eigenvalue weighted by atomic mass is 10.0. The number of rotatable bonds is 6. The van der Waals surface area contributed by atoms with E-state index in [2.05, 4.69) is 0 Å². The Hall–Kier alpha value is -2.40. The number of ether oxygens (including phenoxy) is 1. The summed E-state index contributed by atoms with van der Waals surface area (Å²) in [7, 11) is 1.62. The first-order valence-electron chi connectivity index (χ1n) is 7.04. The van der Waals surface area contributed by atoms with Crippen molar-refractivity contribution in [1.82, 2.24) is 0 Å². The van der Waals surface area contributed by atoms with Crippen LogP contribution in [-0.2, 0) is 17.6 Å². The summed E-state index contributed by atoms with van der Waals surface area (Å²) in [5.74, 6) is -0.547. The standard InChI is InChI=1S/C17H20O5/c1-22-13(8-12-4-7-15(19)17(21)10-12)5-2-11-3-6-14(18)16(20)9-11/h3-4,6-7,9-10,13,18-21H,2,5,8H2,1H3. The first kappa shape index (κ1) is 16.0. The Kier molecular flexibility index (Phi) is 5.12. The van der Waals surface area contributed by atoms with E-state index in [4.69, 9.17) is 4.74 Å². The van der Waals surface area contributed by atoms with Gasteiger partial charge < -0.3 is 25.2 Å². The second-order valence-corrected chi connectivity index (χ2v) is 5.25. The zero-order valence-corrected chi connectivity index (χ0v) is 12.4. The van der Waals surface area contributed by atoms with Gasteiger partial charge in [-0.25, -0.2) is 0 Å². The highest BCUT2D eigenvalue weighted by atomic mass is 16.5. The van der Waals surface area contributed by atoms with Crippen molar-refractivity contribution < 1.29 is 25.2 Å². The van der Waals surface area contributed by atoms with Crippen LogP contribution in [0.4, 0.5) is 0 Å². The topological polar surface area (TPSA) is 90.2 Å². The van der Waals surface area contributed by atoms with Crippen molar-refractivity contribution in [2.75, 3.05) is 7.11 Å². The van der Waals surface area contributed by atoms with Crippen LogP contribution in [0.15, 0.2) is 36.4 Å². The maximum Gasteiger partial charge on any atom is 0.157 e. The molecule has 2 rings (SSSR count). The van der Waals surface area contributed by atoms with Crippen LogP contribution in [0.25, 0.3) is 0 Å². The fraction of sp³-hybridized carbons (Fsp3) is 0.294. The van der Waals surface area contributed by atoms with Crippen molar-refractivity contribution >= 4 is 0 Å². The molecule has 118 valence electrons. The number of hydrogen-bond donors (Lipinski definition) is 4. The van der Waals surface area contributed by atoms with Crippen LogP contribution < -0.4 is 0 Å². The van der Waals surface area contributed by atoms with Crippen molar-refractivity contribution in [2.45, 2.75) is 25.4 Å². The van der Waals surface area contributed by atoms with Gasteiger partial charge in [-0.2, -0.15) is 0 Å². The minimum absolute atomic E-state index is 0.0557. The summed E-state index contributed by atoms with van der Waals surface area (Å²) < 4.78 is 5.44. The van der Waals surface area contributed by atoms with E-state index in [1.54, 1.807) is 19.2 Å². The molecule has 0 fully saturated rings. The molecule has 0 saturated heterocycles. The maximum absolute atomic E-state index is 9.51. The van der Waals surface area contributed by atoms with Gasteiger partial charge >= 0.3 is 0 Å². The van der Waals surface area contributed by atoms with Crippen LogP contribution in [0.2, 0.25) is 0 Å². The molecule has 0 spiro atoms. The minimum Gasteiger partial charge on any atom is -0.504 e. The van der Waals surface area contributed by atoms with Gasteiger partial charge in [0, 0.05) is 7.11 Å². The Balaban J connectivity index is 1.96. The number of phenols is 4. The summed E-state index contributed by atoms with van der Waals surface area (Å²) in [6, 6.07) is 9.48. The van der Waals surface area contributed by atoms with Crippen LogP contribution in [0.5, 0.6) is 23.0 Å². The second kappa shape index (κ2) is 7.04. The Morgan fingerprint density at radius 3 is 1.91 bits per heavy atom. The molecule has 1 unspecified atom stereocenters. The highest BCUT2D eigenvalue weighted by molar-refractivity contribution is 5.41. The van der Waals surface area contributed by atoms with Crippen LogP contribution >= 0.6 is 0 Å². The molecule has 0 aliphatic carbocycles. The number of aromatic hydroxyl groups is 4. The van der Waals surface area contributed by atoms with E-state index in [0.29, 0.717) is 12.8 Å². The molecule has 0 bridgehead atoms. The van der Waals surface area contributed by atoms with Gasteiger partial charge in [0.25, 0.3) is 0 Å². The van der Waals surface area contributed by atoms with Crippen molar-refractivity contribution in [3.05, 3.63) is 47.5 Å². The molecular weight excluding hydrogens is 284 g/mol. The summed E-state index contributed by atoms with van der Waals surface area (Å²) in [5.41, 5.74) is 1.78. The Labute approximate surface area is 129 Å². The minimum atomic E-state index is -0.143. The van der Waals surface area contributed by atoms with E-state index in [1.807, 2.05) is 0 Å². The Morgan fingerprint density at radius 1 is 0.818 bits per heavy atom. The fourth-order valence-corrected chi connectivity index (χ4v) is 2.31. The molecule has 2 aromatic rings. The number of methoxy groups -OCH3 is 1. The molecule has 0 amide bonds. The molecule has 1 atom stereocenters. The van der Waals surface area contributed by atoms with Crippen molar-refractivity contribution in [1.29, 1.82) is 0 Å². The molecule has 0 aliphatic heterocycles. The predicted octanol–water partition coefficient (Wildman–Crippen LogP) is 2.70. The number of phenolic OH excluding ortho intramolecular Hbond substituents is 4. The third kappa shape index (κ3) is 4.05. The molecule has 5 nitrogen and oxygen atoms in total. The first-order valence-corrected chi connectivity index (χ1v) is 7.04. The summed E-state index contributed by atoms with van der Waals surface area (Å²) in [4.78, 5) is 0. The van der Waals surface area contributed by atoms with E-state index in [-0.39, 0.29) is 29.1 Å². The van der Waals surface area contributed by atoms with Gasteiger partial charge in [-0.1, -0.05) is 12.1 Å². The average Bonchev–Trinajstić information content (AvgIpc) is 2.50. The molecule has 0 heterocycles. The summed E-state index contributed by atoms with van der Waals surface area (Å²) in [6.45, 7) is 0. The van der Waals surface area contributed by atoms with Gasteiger partial charge in [0.05, 0.1) is 6.10 Å². The summed E-state index contributed by atoms with van der Waals surface area (Å²) in [5, 5.41) is 37.6. The Bertz CT molecular complexity index is 639. The van der Waals surface area contributed by atoms with Crippen LogP contribution in [0.3, 0.4) is 0 Å². The zero-order valence-electron chi connectivity index (χ0n) is 12.4. The molecule has 0 radical (unpaired) electrons. The smallest absolute Gasteiger partial charge is 0.157 e. The van der Waals surface area contributed by atoms with E-state index < -0.39 is 0 Å². The molecular formula is C17H20O5. The number of benzene rings is 2. The van der Waals surface area contributed by atoms with E-state index in [9.17, 15) is 20.4 Å². The molecule has 2 aromatic carbocycles. The molecule has 5 heteroatoms. The Morgan fingerprint density at radius 2 is 1.36 bits per heavy atom. The van der Waals surface area contributed by atoms with Gasteiger partial charge in [-0.15, -0.1) is 0 Å². The van der Waals surface area contributed by atoms with Gasteiger partial charge in [0.1, 0.15) is 0 Å². The van der Waals surface area contributed by atoms with Gasteiger partial charge in [0.2, 0.25) is 0 Å². The lowest BCUT2D eigenvalue weighted by Crippen LogP contribution is -2.15. The fourth-order valence-electron chi connectivity index (χ4n) is 2.31. The maximum atomic E-state index is 9.51. The van der Waals surface area contributed by atoms with Crippen molar-refractivity contribution in [3.63, 3.8) is 0 Å². The highest BCUT2D eigenvalue weighted by Gasteiger charge is 2.11.